The van der Waals surface area contributed by atoms with Gasteiger partial charge in [-0.05, 0) is 44.5 Å². The zero-order chi connectivity index (χ0) is 12.6. The summed E-state index contributed by atoms with van der Waals surface area (Å²) in [5, 5.41) is 3.34. The molecule has 3 heteroatoms. The standard InChI is InChI=1S/C15H23NO2/c1-13-5-2-3-6-15(13)18-12-4-11-17-14-7-9-16-10-8-14/h2-3,5-6,14,16H,4,7-12H2,1H3. The summed E-state index contributed by atoms with van der Waals surface area (Å²) in [5.74, 6) is 0.986. The van der Waals surface area contributed by atoms with Crippen LogP contribution in [0.3, 0.4) is 0 Å². The Labute approximate surface area is 109 Å². The quantitative estimate of drug-likeness (QED) is 0.786. The zero-order valence-corrected chi connectivity index (χ0v) is 11.2. The molecule has 2 rings (SSSR count). The van der Waals surface area contributed by atoms with Crippen LogP contribution < -0.4 is 10.1 Å². The summed E-state index contributed by atoms with van der Waals surface area (Å²) < 4.78 is 11.6. The summed E-state index contributed by atoms with van der Waals surface area (Å²) in [6.45, 7) is 5.78. The lowest BCUT2D eigenvalue weighted by Crippen LogP contribution is -2.32. The van der Waals surface area contributed by atoms with E-state index in [1.807, 2.05) is 18.2 Å². The Morgan fingerprint density at radius 3 is 2.72 bits per heavy atom. The van der Waals surface area contributed by atoms with Crippen LogP contribution in [-0.4, -0.2) is 32.4 Å². The van der Waals surface area contributed by atoms with Gasteiger partial charge in [0.1, 0.15) is 5.75 Å². The Morgan fingerprint density at radius 2 is 1.94 bits per heavy atom. The minimum absolute atomic E-state index is 0.449. The Bertz CT molecular complexity index is 348. The van der Waals surface area contributed by atoms with Crippen molar-refractivity contribution in [1.29, 1.82) is 0 Å². The molecule has 1 saturated heterocycles. The normalized spacial score (nSPS) is 16.7. The number of ether oxygens (including phenoxy) is 2. The molecule has 1 heterocycles. The summed E-state index contributed by atoms with van der Waals surface area (Å²) >= 11 is 0. The second kappa shape index (κ2) is 7.39. The summed E-state index contributed by atoms with van der Waals surface area (Å²) in [5.41, 5.74) is 1.19. The highest BCUT2D eigenvalue weighted by Crippen LogP contribution is 2.16. The second-order valence-electron chi connectivity index (χ2n) is 4.79. The van der Waals surface area contributed by atoms with Crippen LogP contribution in [-0.2, 0) is 4.74 Å². The van der Waals surface area contributed by atoms with Gasteiger partial charge in [-0.15, -0.1) is 0 Å². The van der Waals surface area contributed by atoms with Crippen LogP contribution in [0, 0.1) is 6.92 Å². The lowest BCUT2D eigenvalue weighted by molar-refractivity contribution is 0.0268. The van der Waals surface area contributed by atoms with Crippen molar-refractivity contribution in [2.45, 2.75) is 32.3 Å². The molecule has 1 aliphatic heterocycles. The van der Waals surface area contributed by atoms with Gasteiger partial charge in [-0.3, -0.25) is 0 Å². The fourth-order valence-electron chi connectivity index (χ4n) is 2.17. The Kier molecular flexibility index (Phi) is 5.49. The average molecular weight is 249 g/mol. The maximum Gasteiger partial charge on any atom is 0.122 e. The van der Waals surface area contributed by atoms with Gasteiger partial charge in [0, 0.05) is 6.42 Å². The molecule has 0 bridgehead atoms. The van der Waals surface area contributed by atoms with Gasteiger partial charge < -0.3 is 14.8 Å². The molecule has 1 fully saturated rings. The van der Waals surface area contributed by atoms with E-state index in [0.717, 1.165) is 51.3 Å². The third-order valence-electron chi connectivity index (χ3n) is 3.28. The number of aryl methyl sites for hydroxylation is 1. The molecule has 0 aliphatic carbocycles. The van der Waals surface area contributed by atoms with E-state index in [0.29, 0.717) is 6.10 Å². The van der Waals surface area contributed by atoms with E-state index in [2.05, 4.69) is 18.3 Å². The second-order valence-corrected chi connectivity index (χ2v) is 4.79. The molecule has 0 aromatic heterocycles. The van der Waals surface area contributed by atoms with E-state index in [4.69, 9.17) is 9.47 Å². The first-order valence-corrected chi connectivity index (χ1v) is 6.87. The van der Waals surface area contributed by atoms with Crippen LogP contribution in [0.25, 0.3) is 0 Å². The highest BCUT2D eigenvalue weighted by Gasteiger charge is 2.12. The molecule has 1 aromatic carbocycles. The first-order valence-electron chi connectivity index (χ1n) is 6.87. The van der Waals surface area contributed by atoms with E-state index in [9.17, 15) is 0 Å². The first kappa shape index (κ1) is 13.4. The number of para-hydroxylation sites is 1. The van der Waals surface area contributed by atoms with Gasteiger partial charge in [-0.25, -0.2) is 0 Å². The van der Waals surface area contributed by atoms with Crippen LogP contribution in [0.5, 0.6) is 5.75 Å². The lowest BCUT2D eigenvalue weighted by atomic mass is 10.1. The first-order chi connectivity index (χ1) is 8.86. The van der Waals surface area contributed by atoms with Crippen molar-refractivity contribution >= 4 is 0 Å². The van der Waals surface area contributed by atoms with Crippen LogP contribution in [0.2, 0.25) is 0 Å². The van der Waals surface area contributed by atoms with Crippen molar-refractivity contribution in [3.63, 3.8) is 0 Å². The molecule has 1 aromatic rings. The van der Waals surface area contributed by atoms with Crippen molar-refractivity contribution in [1.82, 2.24) is 5.32 Å². The highest BCUT2D eigenvalue weighted by atomic mass is 16.5. The lowest BCUT2D eigenvalue weighted by Gasteiger charge is -2.22. The number of nitrogens with one attached hydrogen (secondary N) is 1. The Balaban J connectivity index is 1.57. The van der Waals surface area contributed by atoms with Crippen LogP contribution >= 0.6 is 0 Å². The molecular formula is C15H23NO2. The number of hydrogen-bond acceptors (Lipinski definition) is 3. The molecule has 18 heavy (non-hydrogen) atoms. The third kappa shape index (κ3) is 4.31. The summed E-state index contributed by atoms with van der Waals surface area (Å²) in [6, 6.07) is 8.13. The monoisotopic (exact) mass is 249 g/mol. The molecule has 0 spiro atoms. The van der Waals surface area contributed by atoms with E-state index < -0.39 is 0 Å². The summed E-state index contributed by atoms with van der Waals surface area (Å²) in [4.78, 5) is 0. The molecule has 1 aliphatic rings. The molecule has 0 radical (unpaired) electrons. The van der Waals surface area contributed by atoms with Gasteiger partial charge in [-0.2, -0.15) is 0 Å². The highest BCUT2D eigenvalue weighted by molar-refractivity contribution is 5.31. The van der Waals surface area contributed by atoms with Gasteiger partial charge in [0.25, 0.3) is 0 Å². The van der Waals surface area contributed by atoms with Gasteiger partial charge in [-0.1, -0.05) is 18.2 Å². The van der Waals surface area contributed by atoms with Crippen molar-refractivity contribution < 1.29 is 9.47 Å². The maximum atomic E-state index is 5.83. The van der Waals surface area contributed by atoms with Crippen molar-refractivity contribution in [2.24, 2.45) is 0 Å². The largest absolute Gasteiger partial charge is 0.493 e. The van der Waals surface area contributed by atoms with Gasteiger partial charge in [0.15, 0.2) is 0 Å². The van der Waals surface area contributed by atoms with Crippen molar-refractivity contribution in [2.75, 3.05) is 26.3 Å². The molecule has 3 nitrogen and oxygen atoms in total. The fraction of sp³-hybridized carbons (Fsp3) is 0.600. The predicted octanol–water partition coefficient (Wildman–Crippen LogP) is 2.53. The fourth-order valence-corrected chi connectivity index (χ4v) is 2.17. The molecule has 0 amide bonds. The molecule has 100 valence electrons. The maximum absolute atomic E-state index is 5.83. The third-order valence-corrected chi connectivity index (χ3v) is 3.28. The molecule has 0 saturated carbocycles. The van der Waals surface area contributed by atoms with E-state index in [1.54, 1.807) is 0 Å². The number of piperidine rings is 1. The minimum atomic E-state index is 0.449. The number of benzene rings is 1. The average Bonchev–Trinajstić information content (AvgIpc) is 2.42. The van der Waals surface area contributed by atoms with Gasteiger partial charge >= 0.3 is 0 Å². The summed E-state index contributed by atoms with van der Waals surface area (Å²) in [6.07, 6.45) is 3.68. The Morgan fingerprint density at radius 1 is 1.17 bits per heavy atom. The van der Waals surface area contributed by atoms with Crippen LogP contribution in [0.4, 0.5) is 0 Å². The number of hydrogen-bond donors (Lipinski definition) is 1. The van der Waals surface area contributed by atoms with E-state index in [-0.39, 0.29) is 0 Å². The van der Waals surface area contributed by atoms with E-state index >= 15 is 0 Å². The predicted molar refractivity (Wildman–Crippen MR) is 73.1 cm³/mol. The van der Waals surface area contributed by atoms with Gasteiger partial charge in [0.05, 0.1) is 19.3 Å². The van der Waals surface area contributed by atoms with Crippen molar-refractivity contribution in [3.05, 3.63) is 29.8 Å². The van der Waals surface area contributed by atoms with Crippen LogP contribution in [0.1, 0.15) is 24.8 Å². The molecule has 1 N–H and O–H groups in total. The minimum Gasteiger partial charge on any atom is -0.493 e. The topological polar surface area (TPSA) is 30.5 Å². The zero-order valence-electron chi connectivity index (χ0n) is 11.2. The van der Waals surface area contributed by atoms with E-state index in [1.165, 1.54) is 5.56 Å². The van der Waals surface area contributed by atoms with Gasteiger partial charge in [0.2, 0.25) is 0 Å². The summed E-state index contributed by atoms with van der Waals surface area (Å²) in [7, 11) is 0. The Hall–Kier alpha value is -1.06. The molecule has 0 atom stereocenters. The SMILES string of the molecule is Cc1ccccc1OCCCOC1CCNCC1. The molecule has 0 unspecified atom stereocenters. The van der Waals surface area contributed by atoms with Crippen molar-refractivity contribution in [3.8, 4) is 5.75 Å². The molecular weight excluding hydrogens is 226 g/mol. The number of rotatable bonds is 6. The smallest absolute Gasteiger partial charge is 0.122 e. The van der Waals surface area contributed by atoms with Crippen LogP contribution in [0.15, 0.2) is 24.3 Å².